The molecule has 17 heavy (non-hydrogen) atoms. The highest BCUT2D eigenvalue weighted by atomic mass is 35.5. The van der Waals surface area contributed by atoms with Gasteiger partial charge in [-0.15, -0.1) is 0 Å². The molecule has 1 aromatic carbocycles. The van der Waals surface area contributed by atoms with Gasteiger partial charge < -0.3 is 5.32 Å². The standard InChI is InChI=1S/C15H20ClN/c1-2-15(12-8-10-13(16)11-9-12)17-14-6-4-3-5-7-14/h3-4,8-11,14-15,17H,2,5-7H2,1H3. The third kappa shape index (κ3) is 3.58. The highest BCUT2D eigenvalue weighted by Gasteiger charge is 2.15. The molecule has 1 aromatic rings. The number of rotatable bonds is 4. The Balaban J connectivity index is 2.00. The molecule has 0 amide bonds. The minimum Gasteiger partial charge on any atom is -0.307 e. The molecule has 0 bridgehead atoms. The van der Waals surface area contributed by atoms with Gasteiger partial charge in [0.1, 0.15) is 0 Å². The predicted molar refractivity (Wildman–Crippen MR) is 74.4 cm³/mol. The van der Waals surface area contributed by atoms with Gasteiger partial charge in [0.2, 0.25) is 0 Å². The lowest BCUT2D eigenvalue weighted by molar-refractivity contribution is 0.402. The van der Waals surface area contributed by atoms with Gasteiger partial charge in [0.25, 0.3) is 0 Å². The Hall–Kier alpha value is -0.790. The monoisotopic (exact) mass is 249 g/mol. The van der Waals surface area contributed by atoms with Crippen LogP contribution < -0.4 is 5.32 Å². The highest BCUT2D eigenvalue weighted by molar-refractivity contribution is 6.30. The van der Waals surface area contributed by atoms with E-state index in [4.69, 9.17) is 11.6 Å². The average Bonchev–Trinajstić information content (AvgIpc) is 2.38. The average molecular weight is 250 g/mol. The van der Waals surface area contributed by atoms with Crippen molar-refractivity contribution < 1.29 is 0 Å². The minimum atomic E-state index is 0.448. The third-order valence-electron chi connectivity index (χ3n) is 3.39. The first-order valence-electron chi connectivity index (χ1n) is 6.46. The van der Waals surface area contributed by atoms with Gasteiger partial charge in [-0.05, 0) is 43.4 Å². The number of halogens is 1. The fourth-order valence-corrected chi connectivity index (χ4v) is 2.50. The Morgan fingerprint density at radius 2 is 2.06 bits per heavy atom. The van der Waals surface area contributed by atoms with Crippen molar-refractivity contribution in [1.29, 1.82) is 0 Å². The summed E-state index contributed by atoms with van der Waals surface area (Å²) in [5.41, 5.74) is 1.34. The van der Waals surface area contributed by atoms with E-state index in [0.29, 0.717) is 12.1 Å². The van der Waals surface area contributed by atoms with Crippen LogP contribution in [0, 0.1) is 0 Å². The maximum absolute atomic E-state index is 5.92. The zero-order valence-corrected chi connectivity index (χ0v) is 11.1. The predicted octanol–water partition coefficient (Wildman–Crippen LogP) is 4.49. The van der Waals surface area contributed by atoms with E-state index in [2.05, 4.69) is 36.5 Å². The molecule has 0 saturated carbocycles. The molecule has 2 heteroatoms. The number of benzene rings is 1. The molecular formula is C15H20ClN. The molecular weight excluding hydrogens is 230 g/mol. The van der Waals surface area contributed by atoms with Gasteiger partial charge >= 0.3 is 0 Å². The summed E-state index contributed by atoms with van der Waals surface area (Å²) in [6, 6.07) is 9.28. The maximum atomic E-state index is 5.92. The lowest BCUT2D eigenvalue weighted by Crippen LogP contribution is -2.33. The second-order valence-electron chi connectivity index (χ2n) is 4.66. The van der Waals surface area contributed by atoms with Gasteiger partial charge in [-0.25, -0.2) is 0 Å². The molecule has 0 spiro atoms. The van der Waals surface area contributed by atoms with Gasteiger partial charge in [-0.3, -0.25) is 0 Å². The summed E-state index contributed by atoms with van der Waals surface area (Å²) >= 11 is 5.92. The summed E-state index contributed by atoms with van der Waals surface area (Å²) in [7, 11) is 0. The first kappa shape index (κ1) is 12.7. The summed E-state index contributed by atoms with van der Waals surface area (Å²) in [5.74, 6) is 0. The van der Waals surface area contributed by atoms with Crippen LogP contribution in [0.15, 0.2) is 36.4 Å². The second-order valence-corrected chi connectivity index (χ2v) is 5.10. The molecule has 92 valence electrons. The molecule has 2 unspecified atom stereocenters. The fourth-order valence-electron chi connectivity index (χ4n) is 2.37. The summed E-state index contributed by atoms with van der Waals surface area (Å²) in [5, 5.41) is 4.56. The van der Waals surface area contributed by atoms with Gasteiger partial charge in [-0.2, -0.15) is 0 Å². The third-order valence-corrected chi connectivity index (χ3v) is 3.64. The molecule has 0 fully saturated rings. The van der Waals surface area contributed by atoms with Crippen LogP contribution in [0.25, 0.3) is 0 Å². The second kappa shape index (κ2) is 6.23. The molecule has 1 aliphatic rings. The van der Waals surface area contributed by atoms with Crippen molar-refractivity contribution in [1.82, 2.24) is 5.32 Å². The molecule has 1 aliphatic carbocycles. The zero-order valence-electron chi connectivity index (χ0n) is 10.3. The van der Waals surface area contributed by atoms with Crippen molar-refractivity contribution in [3.05, 3.63) is 47.0 Å². The molecule has 1 N–H and O–H groups in total. The van der Waals surface area contributed by atoms with Crippen LogP contribution in [0.2, 0.25) is 5.02 Å². The van der Waals surface area contributed by atoms with E-state index in [1.165, 1.54) is 18.4 Å². The Morgan fingerprint density at radius 3 is 2.65 bits per heavy atom. The number of hydrogen-bond donors (Lipinski definition) is 1. The van der Waals surface area contributed by atoms with E-state index < -0.39 is 0 Å². The van der Waals surface area contributed by atoms with E-state index in [9.17, 15) is 0 Å². The molecule has 0 aliphatic heterocycles. The van der Waals surface area contributed by atoms with Crippen molar-refractivity contribution in [3.8, 4) is 0 Å². The van der Waals surface area contributed by atoms with Crippen LogP contribution in [0.3, 0.4) is 0 Å². The van der Waals surface area contributed by atoms with Crippen molar-refractivity contribution in [3.63, 3.8) is 0 Å². The summed E-state index contributed by atoms with van der Waals surface area (Å²) in [6.45, 7) is 2.23. The first-order chi connectivity index (χ1) is 8.29. The van der Waals surface area contributed by atoms with Crippen molar-refractivity contribution in [2.24, 2.45) is 0 Å². The molecule has 0 saturated heterocycles. The zero-order chi connectivity index (χ0) is 12.1. The quantitative estimate of drug-likeness (QED) is 0.776. The maximum Gasteiger partial charge on any atom is 0.0406 e. The van der Waals surface area contributed by atoms with Crippen LogP contribution in [-0.2, 0) is 0 Å². The summed E-state index contributed by atoms with van der Waals surface area (Å²) in [4.78, 5) is 0. The molecule has 0 radical (unpaired) electrons. The topological polar surface area (TPSA) is 12.0 Å². The number of hydrogen-bond acceptors (Lipinski definition) is 1. The smallest absolute Gasteiger partial charge is 0.0406 e. The van der Waals surface area contributed by atoms with Gasteiger partial charge in [0.05, 0.1) is 0 Å². The largest absolute Gasteiger partial charge is 0.307 e. The van der Waals surface area contributed by atoms with Crippen LogP contribution in [-0.4, -0.2) is 6.04 Å². The summed E-state index contributed by atoms with van der Waals surface area (Å²) in [6.07, 6.45) is 9.29. The van der Waals surface area contributed by atoms with Crippen LogP contribution >= 0.6 is 11.6 Å². The van der Waals surface area contributed by atoms with Crippen LogP contribution in [0.1, 0.15) is 44.2 Å². The molecule has 2 atom stereocenters. The Bertz CT molecular complexity index is 369. The van der Waals surface area contributed by atoms with E-state index in [1.54, 1.807) is 0 Å². The van der Waals surface area contributed by atoms with E-state index in [0.717, 1.165) is 17.9 Å². The lowest BCUT2D eigenvalue weighted by Gasteiger charge is -2.26. The first-order valence-corrected chi connectivity index (χ1v) is 6.84. The van der Waals surface area contributed by atoms with E-state index in [1.807, 2.05) is 12.1 Å². The Morgan fingerprint density at radius 1 is 1.29 bits per heavy atom. The van der Waals surface area contributed by atoms with Crippen LogP contribution in [0.5, 0.6) is 0 Å². The molecule has 0 aromatic heterocycles. The van der Waals surface area contributed by atoms with Gasteiger partial charge in [0.15, 0.2) is 0 Å². The van der Waals surface area contributed by atoms with E-state index in [-0.39, 0.29) is 0 Å². The van der Waals surface area contributed by atoms with Gasteiger partial charge in [-0.1, -0.05) is 42.8 Å². The highest BCUT2D eigenvalue weighted by Crippen LogP contribution is 2.22. The van der Waals surface area contributed by atoms with Crippen LogP contribution in [0.4, 0.5) is 0 Å². The number of allylic oxidation sites excluding steroid dienone is 1. The molecule has 0 heterocycles. The molecule has 2 rings (SSSR count). The van der Waals surface area contributed by atoms with Gasteiger partial charge in [0, 0.05) is 17.1 Å². The minimum absolute atomic E-state index is 0.448. The normalized spacial score (nSPS) is 21.4. The number of nitrogens with one attached hydrogen (secondary N) is 1. The van der Waals surface area contributed by atoms with Crippen molar-refractivity contribution >= 4 is 11.6 Å². The fraction of sp³-hybridized carbons (Fsp3) is 0.467. The SMILES string of the molecule is CCC(NC1CC=CCC1)c1ccc(Cl)cc1. The van der Waals surface area contributed by atoms with Crippen molar-refractivity contribution in [2.75, 3.05) is 0 Å². The molecule has 1 nitrogen and oxygen atoms in total. The summed E-state index contributed by atoms with van der Waals surface area (Å²) < 4.78 is 0. The van der Waals surface area contributed by atoms with Crippen molar-refractivity contribution in [2.45, 2.75) is 44.7 Å². The Labute approximate surface area is 109 Å². The van der Waals surface area contributed by atoms with E-state index >= 15 is 0 Å². The Kier molecular flexibility index (Phi) is 4.64. The lowest BCUT2D eigenvalue weighted by atomic mass is 9.98.